The van der Waals surface area contributed by atoms with Crippen molar-refractivity contribution in [3.8, 4) is 0 Å². The number of thiophene rings is 1. The molecule has 0 saturated carbocycles. The molecule has 2 aromatic rings. The summed E-state index contributed by atoms with van der Waals surface area (Å²) in [5.41, 5.74) is 0.683. The van der Waals surface area contributed by atoms with Crippen molar-refractivity contribution in [2.45, 2.75) is 26.8 Å². The van der Waals surface area contributed by atoms with Gasteiger partial charge in [-0.05, 0) is 36.6 Å². The van der Waals surface area contributed by atoms with E-state index in [0.29, 0.717) is 5.56 Å². The van der Waals surface area contributed by atoms with Gasteiger partial charge in [-0.15, -0.1) is 11.3 Å². The zero-order valence-corrected chi connectivity index (χ0v) is 12.4. The van der Waals surface area contributed by atoms with E-state index < -0.39 is 0 Å². The first kappa shape index (κ1) is 15.9. The van der Waals surface area contributed by atoms with Gasteiger partial charge in [0.2, 0.25) is 0 Å². The molecule has 19 heavy (non-hydrogen) atoms. The Bertz CT molecular complexity index is 525. The van der Waals surface area contributed by atoms with Crippen molar-refractivity contribution in [3.05, 3.63) is 56.7 Å². The van der Waals surface area contributed by atoms with E-state index in [4.69, 9.17) is 0 Å². The van der Waals surface area contributed by atoms with Gasteiger partial charge in [-0.3, -0.25) is 4.79 Å². The summed E-state index contributed by atoms with van der Waals surface area (Å²) >= 11 is 5.08. The van der Waals surface area contributed by atoms with Gasteiger partial charge in [0.15, 0.2) is 0 Å². The van der Waals surface area contributed by atoms with Gasteiger partial charge in [0.1, 0.15) is 0 Å². The molecule has 0 aliphatic heterocycles. The van der Waals surface area contributed by atoms with E-state index in [1.165, 1.54) is 4.88 Å². The second-order valence-electron chi connectivity index (χ2n) is 4.17. The molecule has 1 atom stereocenters. The summed E-state index contributed by atoms with van der Waals surface area (Å²) in [6.07, 6.45) is 0.872. The van der Waals surface area contributed by atoms with Crippen LogP contribution in [0.5, 0.6) is 0 Å². The number of amides is 1. The third-order valence-corrected chi connectivity index (χ3v) is 3.94. The summed E-state index contributed by atoms with van der Waals surface area (Å²) in [6, 6.07) is 11.7. The van der Waals surface area contributed by atoms with Crippen molar-refractivity contribution >= 4 is 33.2 Å². The number of hydrogen-bond acceptors (Lipinski definition) is 2. The van der Waals surface area contributed by atoms with Crippen LogP contribution < -0.4 is 5.32 Å². The average Bonchev–Trinajstić information content (AvgIpc) is 2.81. The number of nitrogens with one attached hydrogen (secondary N) is 1. The molecule has 1 amide bonds. The lowest BCUT2D eigenvalue weighted by Crippen LogP contribution is -2.33. The van der Waals surface area contributed by atoms with Gasteiger partial charge in [0.05, 0.1) is 0 Å². The van der Waals surface area contributed by atoms with Crippen molar-refractivity contribution in [2.24, 2.45) is 0 Å². The molecule has 0 aliphatic rings. The van der Waals surface area contributed by atoms with Crippen LogP contribution in [0.2, 0.25) is 0 Å². The SMILES string of the molecule is C.C[C@H](Cc1cccs1)NC(=O)c1cccc(Br)c1. The quantitative estimate of drug-likeness (QED) is 0.872. The van der Waals surface area contributed by atoms with Gasteiger partial charge in [-0.2, -0.15) is 0 Å². The Kier molecular flexibility index (Phi) is 6.25. The molecular formula is C15H18BrNOS. The Labute approximate surface area is 127 Å². The highest BCUT2D eigenvalue weighted by Gasteiger charge is 2.10. The maximum absolute atomic E-state index is 12.0. The molecule has 1 N–H and O–H groups in total. The van der Waals surface area contributed by atoms with Gasteiger partial charge in [0, 0.05) is 27.4 Å². The van der Waals surface area contributed by atoms with Gasteiger partial charge >= 0.3 is 0 Å². The first-order chi connectivity index (χ1) is 8.65. The van der Waals surface area contributed by atoms with Crippen LogP contribution in [-0.2, 0) is 6.42 Å². The van der Waals surface area contributed by atoms with Crippen molar-refractivity contribution in [1.82, 2.24) is 5.32 Å². The summed E-state index contributed by atoms with van der Waals surface area (Å²) in [6.45, 7) is 2.02. The molecule has 0 aliphatic carbocycles. The number of benzene rings is 1. The number of hydrogen-bond donors (Lipinski definition) is 1. The number of halogens is 1. The second-order valence-corrected chi connectivity index (χ2v) is 6.12. The van der Waals surface area contributed by atoms with E-state index in [2.05, 4.69) is 32.7 Å². The summed E-state index contributed by atoms with van der Waals surface area (Å²) in [7, 11) is 0. The average molecular weight is 340 g/mol. The Morgan fingerprint density at radius 2 is 2.16 bits per heavy atom. The van der Waals surface area contributed by atoms with E-state index in [9.17, 15) is 4.79 Å². The molecular weight excluding hydrogens is 322 g/mol. The Balaban J connectivity index is 0.00000180. The molecule has 0 spiro atoms. The van der Waals surface area contributed by atoms with E-state index >= 15 is 0 Å². The maximum atomic E-state index is 12.0. The smallest absolute Gasteiger partial charge is 0.251 e. The van der Waals surface area contributed by atoms with Crippen LogP contribution in [-0.4, -0.2) is 11.9 Å². The summed E-state index contributed by atoms with van der Waals surface area (Å²) in [5, 5.41) is 5.06. The molecule has 0 unspecified atom stereocenters. The highest BCUT2D eigenvalue weighted by Crippen LogP contribution is 2.13. The zero-order chi connectivity index (χ0) is 13.0. The summed E-state index contributed by atoms with van der Waals surface area (Å²) in [4.78, 5) is 13.3. The summed E-state index contributed by atoms with van der Waals surface area (Å²) in [5.74, 6) is -0.0274. The number of carbonyl (C=O) groups is 1. The molecule has 1 heterocycles. The third kappa shape index (κ3) is 4.80. The van der Waals surface area contributed by atoms with Crippen LogP contribution in [0.3, 0.4) is 0 Å². The van der Waals surface area contributed by atoms with Crippen molar-refractivity contribution in [3.63, 3.8) is 0 Å². The molecule has 2 rings (SSSR count). The fourth-order valence-electron chi connectivity index (χ4n) is 1.72. The van der Waals surface area contributed by atoms with Crippen LogP contribution in [0.15, 0.2) is 46.3 Å². The maximum Gasteiger partial charge on any atom is 0.251 e. The molecule has 1 aromatic heterocycles. The topological polar surface area (TPSA) is 29.1 Å². The lowest BCUT2D eigenvalue weighted by molar-refractivity contribution is 0.0940. The first-order valence-corrected chi connectivity index (χ1v) is 7.41. The largest absolute Gasteiger partial charge is 0.349 e. The third-order valence-electron chi connectivity index (χ3n) is 2.55. The molecule has 4 heteroatoms. The second kappa shape index (κ2) is 7.46. The standard InChI is InChI=1S/C14H14BrNOS.CH4/c1-10(8-13-6-3-7-18-13)16-14(17)11-4-2-5-12(15)9-11;/h2-7,9-10H,8H2,1H3,(H,16,17);1H4/t10-;/m1./s1. The molecule has 2 nitrogen and oxygen atoms in total. The predicted molar refractivity (Wildman–Crippen MR) is 85.8 cm³/mol. The molecule has 0 radical (unpaired) electrons. The molecule has 0 fully saturated rings. The van der Waals surface area contributed by atoms with E-state index in [1.54, 1.807) is 11.3 Å². The van der Waals surface area contributed by atoms with Crippen molar-refractivity contribution < 1.29 is 4.79 Å². The first-order valence-electron chi connectivity index (χ1n) is 5.74. The number of rotatable bonds is 4. The summed E-state index contributed by atoms with van der Waals surface area (Å²) < 4.78 is 0.918. The molecule has 0 bridgehead atoms. The molecule has 0 saturated heterocycles. The van der Waals surface area contributed by atoms with Gasteiger partial charge in [-0.25, -0.2) is 0 Å². The minimum Gasteiger partial charge on any atom is -0.349 e. The van der Waals surface area contributed by atoms with Gasteiger partial charge < -0.3 is 5.32 Å². The highest BCUT2D eigenvalue weighted by atomic mass is 79.9. The Morgan fingerprint density at radius 3 is 2.79 bits per heavy atom. The normalized spacial score (nSPS) is 11.5. The minimum atomic E-state index is -0.0274. The highest BCUT2D eigenvalue weighted by molar-refractivity contribution is 9.10. The lowest BCUT2D eigenvalue weighted by Gasteiger charge is -2.13. The van der Waals surface area contributed by atoms with Crippen LogP contribution in [0.4, 0.5) is 0 Å². The van der Waals surface area contributed by atoms with Gasteiger partial charge in [0.25, 0.3) is 5.91 Å². The van der Waals surface area contributed by atoms with Gasteiger partial charge in [-0.1, -0.05) is 35.5 Å². The van der Waals surface area contributed by atoms with Crippen molar-refractivity contribution in [2.75, 3.05) is 0 Å². The van der Waals surface area contributed by atoms with E-state index in [0.717, 1.165) is 10.9 Å². The van der Waals surface area contributed by atoms with Crippen LogP contribution >= 0.6 is 27.3 Å². The lowest BCUT2D eigenvalue weighted by atomic mass is 10.1. The van der Waals surface area contributed by atoms with Crippen molar-refractivity contribution in [1.29, 1.82) is 0 Å². The fourth-order valence-corrected chi connectivity index (χ4v) is 2.95. The van der Waals surface area contributed by atoms with Crippen LogP contribution in [0.25, 0.3) is 0 Å². The van der Waals surface area contributed by atoms with E-state index in [-0.39, 0.29) is 19.4 Å². The van der Waals surface area contributed by atoms with Crippen LogP contribution in [0.1, 0.15) is 29.6 Å². The fraction of sp³-hybridized carbons (Fsp3) is 0.267. The monoisotopic (exact) mass is 339 g/mol. The van der Waals surface area contributed by atoms with E-state index in [1.807, 2.05) is 37.3 Å². The van der Waals surface area contributed by atoms with Crippen LogP contribution in [0, 0.1) is 0 Å². The zero-order valence-electron chi connectivity index (χ0n) is 10.0. The minimum absolute atomic E-state index is 0. The Morgan fingerprint density at radius 1 is 1.37 bits per heavy atom. The Hall–Kier alpha value is -1.13. The molecule has 102 valence electrons. The number of carbonyl (C=O) groups excluding carboxylic acids is 1. The predicted octanol–water partition coefficient (Wildman–Crippen LogP) is 4.51. The molecule has 1 aromatic carbocycles.